The second kappa shape index (κ2) is 14.2. The number of carbonyl (C=O) groups excluding carboxylic acids is 2. The first-order chi connectivity index (χ1) is 17.9. The number of benzene rings is 2. The fraction of sp³-hybridized carbons (Fsp3) is 0.357. The van der Waals surface area contributed by atoms with Crippen LogP contribution in [0.15, 0.2) is 60.0 Å². The lowest BCUT2D eigenvalue weighted by Crippen LogP contribution is -2.44. The maximum Gasteiger partial charge on any atom is 0.322 e. The van der Waals surface area contributed by atoms with Crippen molar-refractivity contribution >= 4 is 29.0 Å². The quantitative estimate of drug-likeness (QED) is 0.311. The largest absolute Gasteiger partial charge is 0.497 e. The van der Waals surface area contributed by atoms with Gasteiger partial charge in [0.15, 0.2) is 0 Å². The second-order valence-corrected chi connectivity index (χ2v) is 9.53. The van der Waals surface area contributed by atoms with E-state index in [-0.39, 0.29) is 18.5 Å². The summed E-state index contributed by atoms with van der Waals surface area (Å²) in [6.45, 7) is 3.76. The van der Waals surface area contributed by atoms with Crippen molar-refractivity contribution in [3.8, 4) is 11.5 Å². The minimum absolute atomic E-state index is 0.0642. The molecule has 198 valence electrons. The molecule has 3 rings (SSSR count). The number of thiophene rings is 1. The van der Waals surface area contributed by atoms with Crippen LogP contribution in [0.4, 0.5) is 10.5 Å². The molecule has 3 amide bonds. The molecule has 0 fully saturated rings. The van der Waals surface area contributed by atoms with Crippen LogP contribution in [0.3, 0.4) is 0 Å². The standard InChI is InChI=1S/C28H35N3O5S/c1-21-13-16-37-26(21)19-31(18-22-9-6-5-7-10-22)27(32)20-30(14-8-15-34-2)28(33)29-24-12-11-23(35-3)17-25(24)36-4/h5-7,9-13,16-17H,8,14-15,18-20H2,1-4H3,(H,29,33). The van der Waals surface area contributed by atoms with E-state index < -0.39 is 0 Å². The van der Waals surface area contributed by atoms with Crippen LogP contribution < -0.4 is 14.8 Å². The van der Waals surface area contributed by atoms with E-state index >= 15 is 0 Å². The smallest absolute Gasteiger partial charge is 0.322 e. The van der Waals surface area contributed by atoms with Crippen molar-refractivity contribution in [1.29, 1.82) is 0 Å². The van der Waals surface area contributed by atoms with Gasteiger partial charge in [0.25, 0.3) is 0 Å². The van der Waals surface area contributed by atoms with E-state index in [0.717, 1.165) is 16.0 Å². The van der Waals surface area contributed by atoms with Gasteiger partial charge >= 0.3 is 6.03 Å². The van der Waals surface area contributed by atoms with Crippen LogP contribution in [-0.2, 0) is 22.6 Å². The number of urea groups is 1. The van der Waals surface area contributed by atoms with Crippen molar-refractivity contribution in [2.75, 3.05) is 46.3 Å². The SMILES string of the molecule is COCCCN(CC(=O)N(Cc1ccccc1)Cc1sccc1C)C(=O)Nc1ccc(OC)cc1OC. The highest BCUT2D eigenvalue weighted by Crippen LogP contribution is 2.29. The van der Waals surface area contributed by atoms with Crippen molar-refractivity contribution in [2.24, 2.45) is 0 Å². The van der Waals surface area contributed by atoms with Crippen molar-refractivity contribution < 1.29 is 23.8 Å². The Morgan fingerprint density at radius 2 is 1.73 bits per heavy atom. The van der Waals surface area contributed by atoms with E-state index in [1.807, 2.05) is 42.6 Å². The lowest BCUT2D eigenvalue weighted by molar-refractivity contribution is -0.133. The zero-order valence-corrected chi connectivity index (χ0v) is 22.7. The predicted octanol–water partition coefficient (Wildman–Crippen LogP) is 5.17. The summed E-state index contributed by atoms with van der Waals surface area (Å²) in [6.07, 6.45) is 0.597. The Morgan fingerprint density at radius 3 is 2.38 bits per heavy atom. The lowest BCUT2D eigenvalue weighted by Gasteiger charge is -2.28. The first kappa shape index (κ1) is 28.0. The third kappa shape index (κ3) is 8.23. The number of hydrogen-bond donors (Lipinski definition) is 1. The number of anilines is 1. The molecule has 0 aliphatic rings. The number of nitrogens with one attached hydrogen (secondary N) is 1. The summed E-state index contributed by atoms with van der Waals surface area (Å²) in [7, 11) is 4.70. The number of methoxy groups -OCH3 is 3. The van der Waals surface area contributed by atoms with E-state index in [1.165, 1.54) is 12.0 Å². The van der Waals surface area contributed by atoms with Gasteiger partial charge in [-0.1, -0.05) is 30.3 Å². The third-order valence-electron chi connectivity index (χ3n) is 5.91. The van der Waals surface area contributed by atoms with Crippen LogP contribution in [-0.4, -0.2) is 62.8 Å². The van der Waals surface area contributed by atoms with Gasteiger partial charge in [0.2, 0.25) is 5.91 Å². The van der Waals surface area contributed by atoms with E-state index in [1.54, 1.807) is 48.7 Å². The van der Waals surface area contributed by atoms with Gasteiger partial charge in [0, 0.05) is 37.7 Å². The van der Waals surface area contributed by atoms with Gasteiger partial charge in [-0.05, 0) is 48.1 Å². The van der Waals surface area contributed by atoms with Gasteiger partial charge < -0.3 is 29.3 Å². The molecule has 8 nitrogen and oxygen atoms in total. The Hall–Kier alpha value is -3.56. The van der Waals surface area contributed by atoms with Gasteiger partial charge in [-0.3, -0.25) is 4.79 Å². The summed E-state index contributed by atoms with van der Waals surface area (Å²) < 4.78 is 15.8. The maximum absolute atomic E-state index is 13.6. The molecule has 0 spiro atoms. The highest BCUT2D eigenvalue weighted by Gasteiger charge is 2.23. The summed E-state index contributed by atoms with van der Waals surface area (Å²) in [6, 6.07) is 16.7. The second-order valence-electron chi connectivity index (χ2n) is 8.53. The fourth-order valence-electron chi connectivity index (χ4n) is 3.79. The molecule has 0 saturated carbocycles. The zero-order chi connectivity index (χ0) is 26.6. The van der Waals surface area contributed by atoms with E-state index in [2.05, 4.69) is 11.4 Å². The van der Waals surface area contributed by atoms with E-state index in [4.69, 9.17) is 14.2 Å². The van der Waals surface area contributed by atoms with Crippen LogP contribution >= 0.6 is 11.3 Å². The number of carbonyl (C=O) groups is 2. The Kier molecular flexibility index (Phi) is 10.8. The Morgan fingerprint density at radius 1 is 0.946 bits per heavy atom. The third-order valence-corrected chi connectivity index (χ3v) is 6.92. The molecule has 9 heteroatoms. The average Bonchev–Trinajstić information content (AvgIpc) is 3.32. The van der Waals surface area contributed by atoms with E-state index in [0.29, 0.717) is 49.8 Å². The minimum atomic E-state index is -0.389. The highest BCUT2D eigenvalue weighted by molar-refractivity contribution is 7.10. The maximum atomic E-state index is 13.6. The molecule has 1 heterocycles. The molecule has 1 N–H and O–H groups in total. The van der Waals surface area contributed by atoms with Crippen LogP contribution in [0.1, 0.15) is 22.4 Å². The molecule has 1 aromatic heterocycles. The molecule has 2 aromatic carbocycles. The molecule has 3 aromatic rings. The fourth-order valence-corrected chi connectivity index (χ4v) is 4.71. The molecule has 0 aliphatic heterocycles. The van der Waals surface area contributed by atoms with Crippen molar-refractivity contribution in [3.05, 3.63) is 76.0 Å². The molecular weight excluding hydrogens is 490 g/mol. The summed E-state index contributed by atoms with van der Waals surface area (Å²) >= 11 is 1.63. The van der Waals surface area contributed by atoms with Crippen LogP contribution in [0.5, 0.6) is 11.5 Å². The lowest BCUT2D eigenvalue weighted by atomic mass is 10.2. The zero-order valence-electron chi connectivity index (χ0n) is 21.9. The van der Waals surface area contributed by atoms with Crippen molar-refractivity contribution in [3.63, 3.8) is 0 Å². The van der Waals surface area contributed by atoms with Crippen molar-refractivity contribution in [2.45, 2.75) is 26.4 Å². The number of hydrogen-bond acceptors (Lipinski definition) is 6. The number of amides is 3. The monoisotopic (exact) mass is 525 g/mol. The number of rotatable bonds is 13. The molecular formula is C28H35N3O5S. The normalized spacial score (nSPS) is 10.6. The average molecular weight is 526 g/mol. The van der Waals surface area contributed by atoms with E-state index in [9.17, 15) is 9.59 Å². The number of aryl methyl sites for hydroxylation is 1. The van der Waals surface area contributed by atoms with Gasteiger partial charge in [-0.2, -0.15) is 0 Å². The first-order valence-electron chi connectivity index (χ1n) is 12.1. The summed E-state index contributed by atoms with van der Waals surface area (Å²) in [5, 5.41) is 4.92. The summed E-state index contributed by atoms with van der Waals surface area (Å²) in [4.78, 5) is 31.4. The predicted molar refractivity (Wildman–Crippen MR) is 146 cm³/mol. The highest BCUT2D eigenvalue weighted by atomic mass is 32.1. The minimum Gasteiger partial charge on any atom is -0.497 e. The van der Waals surface area contributed by atoms with Crippen LogP contribution in [0.25, 0.3) is 0 Å². The molecule has 0 saturated heterocycles. The van der Waals surface area contributed by atoms with Gasteiger partial charge in [0.1, 0.15) is 18.0 Å². The van der Waals surface area contributed by atoms with Crippen LogP contribution in [0, 0.1) is 6.92 Å². The molecule has 0 atom stereocenters. The van der Waals surface area contributed by atoms with Gasteiger partial charge in [-0.25, -0.2) is 4.79 Å². The number of nitrogens with zero attached hydrogens (tertiary/aromatic N) is 2. The molecule has 0 bridgehead atoms. The van der Waals surface area contributed by atoms with Gasteiger partial charge in [0.05, 0.1) is 26.5 Å². The molecule has 37 heavy (non-hydrogen) atoms. The molecule has 0 unspecified atom stereocenters. The first-order valence-corrected chi connectivity index (χ1v) is 12.9. The Labute approximate surface area is 222 Å². The summed E-state index contributed by atoms with van der Waals surface area (Å²) in [5.74, 6) is 0.947. The van der Waals surface area contributed by atoms with Gasteiger partial charge in [-0.15, -0.1) is 11.3 Å². The number of ether oxygens (including phenoxy) is 3. The topological polar surface area (TPSA) is 80.3 Å². The van der Waals surface area contributed by atoms with Crippen molar-refractivity contribution in [1.82, 2.24) is 9.80 Å². The molecule has 0 aliphatic carbocycles. The summed E-state index contributed by atoms with van der Waals surface area (Å²) in [5.41, 5.74) is 2.67. The van der Waals surface area contributed by atoms with Crippen LogP contribution in [0.2, 0.25) is 0 Å². The molecule has 0 radical (unpaired) electrons. The Bertz CT molecular complexity index is 1150. The Balaban J connectivity index is 1.79.